The smallest absolute Gasteiger partial charge is 0.253 e. The molecule has 0 spiro atoms. The Labute approximate surface area is 124 Å². The van der Waals surface area contributed by atoms with Gasteiger partial charge in [0, 0.05) is 12.6 Å². The van der Waals surface area contributed by atoms with E-state index in [0.717, 1.165) is 22.6 Å². The number of nitrogens with one attached hydrogen (secondary N) is 1. The first-order valence-electron chi connectivity index (χ1n) is 6.85. The number of carbonyl (C=O) groups is 1. The molecule has 0 saturated carbocycles. The number of carbonyl (C=O) groups excluding carboxylic acids is 1. The van der Waals surface area contributed by atoms with Crippen LogP contribution in [0.5, 0.6) is 0 Å². The average molecular weight is 276 g/mol. The maximum atomic E-state index is 12.5. The summed E-state index contributed by atoms with van der Waals surface area (Å²) in [5.74, 6) is -0.0498. The van der Waals surface area contributed by atoms with Crippen LogP contribution < -0.4 is 10.2 Å². The third kappa shape index (κ3) is 2.58. The lowest BCUT2D eigenvalue weighted by molar-refractivity contribution is -0.114. The van der Waals surface area contributed by atoms with Crippen molar-refractivity contribution in [3.8, 4) is 0 Å². The normalized spacial score (nSPS) is 13.8. The number of anilines is 2. The van der Waals surface area contributed by atoms with E-state index in [2.05, 4.69) is 11.9 Å². The third-order valence-corrected chi connectivity index (χ3v) is 3.39. The van der Waals surface area contributed by atoms with E-state index in [1.165, 1.54) is 0 Å². The first-order valence-corrected chi connectivity index (χ1v) is 6.85. The number of amides is 1. The molecule has 3 rings (SSSR count). The van der Waals surface area contributed by atoms with E-state index in [4.69, 9.17) is 0 Å². The summed E-state index contributed by atoms with van der Waals surface area (Å²) in [6.45, 7) is 4.22. The highest BCUT2D eigenvalue weighted by molar-refractivity contribution is 6.11. The van der Waals surface area contributed by atoms with Crippen LogP contribution in [0.3, 0.4) is 0 Å². The molecule has 0 aromatic heterocycles. The Morgan fingerprint density at radius 3 is 2.52 bits per heavy atom. The Kier molecular flexibility index (Phi) is 3.56. The molecule has 104 valence electrons. The summed E-state index contributed by atoms with van der Waals surface area (Å²) in [6, 6.07) is 17.6. The van der Waals surface area contributed by atoms with Gasteiger partial charge in [-0.25, -0.2) is 0 Å². The molecule has 0 radical (unpaired) electrons. The fourth-order valence-electron chi connectivity index (χ4n) is 2.41. The molecule has 0 atom stereocenters. The Morgan fingerprint density at radius 1 is 1.05 bits per heavy atom. The van der Waals surface area contributed by atoms with Crippen molar-refractivity contribution in [1.82, 2.24) is 0 Å². The third-order valence-electron chi connectivity index (χ3n) is 3.39. The zero-order chi connectivity index (χ0) is 14.7. The predicted molar refractivity (Wildman–Crippen MR) is 87.0 cm³/mol. The average Bonchev–Trinajstić information content (AvgIpc) is 2.66. The zero-order valence-corrected chi connectivity index (χ0v) is 11.6. The topological polar surface area (TPSA) is 32.3 Å². The minimum absolute atomic E-state index is 0.0498. The van der Waals surface area contributed by atoms with Crippen LogP contribution in [0.1, 0.15) is 5.56 Å². The number of hydrogen-bond donors (Lipinski definition) is 1. The van der Waals surface area contributed by atoms with Gasteiger partial charge in [-0.15, -0.1) is 6.58 Å². The highest BCUT2D eigenvalue weighted by atomic mass is 16.2. The first-order chi connectivity index (χ1) is 10.3. The van der Waals surface area contributed by atoms with E-state index < -0.39 is 0 Å². The Bertz CT molecular complexity index is 704. The van der Waals surface area contributed by atoms with Crippen molar-refractivity contribution in [3.05, 3.63) is 78.9 Å². The van der Waals surface area contributed by atoms with Gasteiger partial charge in [-0.3, -0.25) is 4.79 Å². The molecule has 1 N–H and O–H groups in total. The van der Waals surface area contributed by atoms with Gasteiger partial charge in [0.1, 0.15) is 0 Å². The van der Waals surface area contributed by atoms with E-state index >= 15 is 0 Å². The summed E-state index contributed by atoms with van der Waals surface area (Å²) in [7, 11) is 0. The molecule has 0 saturated heterocycles. The second kappa shape index (κ2) is 5.67. The summed E-state index contributed by atoms with van der Waals surface area (Å²) in [5, 5.41) is 3.36. The van der Waals surface area contributed by atoms with Crippen LogP contribution in [0.4, 0.5) is 11.4 Å². The zero-order valence-electron chi connectivity index (χ0n) is 11.6. The minimum Gasteiger partial charge on any atom is -0.353 e. The maximum Gasteiger partial charge on any atom is 0.253 e. The van der Waals surface area contributed by atoms with Crippen molar-refractivity contribution >= 4 is 23.0 Å². The molecule has 1 aliphatic rings. The van der Waals surface area contributed by atoms with Crippen LogP contribution in [-0.2, 0) is 4.79 Å². The monoisotopic (exact) mass is 276 g/mol. The van der Waals surface area contributed by atoms with Crippen molar-refractivity contribution in [2.24, 2.45) is 0 Å². The van der Waals surface area contributed by atoms with E-state index in [-0.39, 0.29) is 5.91 Å². The molecule has 0 fully saturated rings. The number of benzene rings is 2. The van der Waals surface area contributed by atoms with Gasteiger partial charge in [0.25, 0.3) is 5.91 Å². The lowest BCUT2D eigenvalue weighted by Gasteiger charge is -2.20. The maximum absolute atomic E-state index is 12.5. The van der Waals surface area contributed by atoms with Crippen molar-refractivity contribution in [2.75, 3.05) is 16.8 Å². The summed E-state index contributed by atoms with van der Waals surface area (Å²) < 4.78 is 0. The molecule has 0 unspecified atom stereocenters. The second-order valence-corrected chi connectivity index (χ2v) is 4.80. The number of rotatable bonds is 3. The van der Waals surface area contributed by atoms with Crippen LogP contribution in [0.15, 0.2) is 73.3 Å². The van der Waals surface area contributed by atoms with Gasteiger partial charge >= 0.3 is 0 Å². The number of hydrogen-bond acceptors (Lipinski definition) is 2. The molecule has 3 heteroatoms. The molecule has 3 nitrogen and oxygen atoms in total. The Hall–Kier alpha value is -2.81. The Balaban J connectivity index is 2.09. The molecule has 1 heterocycles. The van der Waals surface area contributed by atoms with Gasteiger partial charge in [0.05, 0.1) is 17.1 Å². The quantitative estimate of drug-likeness (QED) is 0.867. The standard InChI is InChI=1S/C18H16N2O/c1-2-12-20-17-11-7-6-10-15(17)19-16(13-18(20)21)14-8-4-3-5-9-14/h2-11,13,19H,1,12H2. The van der Waals surface area contributed by atoms with Crippen molar-refractivity contribution in [1.29, 1.82) is 0 Å². The minimum atomic E-state index is -0.0498. The molecule has 1 aliphatic heterocycles. The van der Waals surface area contributed by atoms with Crippen molar-refractivity contribution in [2.45, 2.75) is 0 Å². The molecule has 2 aromatic carbocycles. The van der Waals surface area contributed by atoms with Gasteiger partial charge < -0.3 is 10.2 Å². The molecule has 1 amide bonds. The highest BCUT2D eigenvalue weighted by Crippen LogP contribution is 2.32. The highest BCUT2D eigenvalue weighted by Gasteiger charge is 2.21. The number of para-hydroxylation sites is 2. The predicted octanol–water partition coefficient (Wildman–Crippen LogP) is 3.67. The SMILES string of the molecule is C=CCN1C(=O)C=C(c2ccccc2)Nc2ccccc21. The van der Waals surface area contributed by atoms with E-state index in [1.807, 2.05) is 54.6 Å². The Morgan fingerprint density at radius 2 is 1.76 bits per heavy atom. The van der Waals surface area contributed by atoms with Crippen LogP contribution in [-0.4, -0.2) is 12.5 Å². The van der Waals surface area contributed by atoms with Crippen LogP contribution >= 0.6 is 0 Å². The van der Waals surface area contributed by atoms with Crippen LogP contribution in [0, 0.1) is 0 Å². The van der Waals surface area contributed by atoms with Crippen molar-refractivity contribution < 1.29 is 4.79 Å². The number of fused-ring (bicyclic) bond motifs is 1. The summed E-state index contributed by atoms with van der Waals surface area (Å²) in [6.07, 6.45) is 3.37. The fourth-order valence-corrected chi connectivity index (χ4v) is 2.41. The van der Waals surface area contributed by atoms with Gasteiger partial charge in [-0.2, -0.15) is 0 Å². The van der Waals surface area contributed by atoms with Crippen LogP contribution in [0.2, 0.25) is 0 Å². The molecule has 21 heavy (non-hydrogen) atoms. The molecular formula is C18H16N2O. The van der Waals surface area contributed by atoms with Crippen molar-refractivity contribution in [3.63, 3.8) is 0 Å². The molecule has 0 aliphatic carbocycles. The van der Waals surface area contributed by atoms with E-state index in [1.54, 1.807) is 17.1 Å². The van der Waals surface area contributed by atoms with Gasteiger partial charge in [0.2, 0.25) is 0 Å². The molecule has 0 bridgehead atoms. The summed E-state index contributed by atoms with van der Waals surface area (Å²) >= 11 is 0. The van der Waals surface area contributed by atoms with Crippen LogP contribution in [0.25, 0.3) is 5.70 Å². The van der Waals surface area contributed by atoms with Gasteiger partial charge in [-0.1, -0.05) is 48.5 Å². The second-order valence-electron chi connectivity index (χ2n) is 4.80. The fraction of sp³-hybridized carbons (Fsp3) is 0.0556. The molecule has 2 aromatic rings. The lowest BCUT2D eigenvalue weighted by atomic mass is 10.1. The number of nitrogens with zero attached hydrogens (tertiary/aromatic N) is 1. The molecular weight excluding hydrogens is 260 g/mol. The lowest BCUT2D eigenvalue weighted by Crippen LogP contribution is -2.28. The van der Waals surface area contributed by atoms with Gasteiger partial charge in [-0.05, 0) is 17.7 Å². The largest absolute Gasteiger partial charge is 0.353 e. The van der Waals surface area contributed by atoms with Gasteiger partial charge in [0.15, 0.2) is 0 Å². The summed E-state index contributed by atoms with van der Waals surface area (Å²) in [4.78, 5) is 14.2. The van der Waals surface area contributed by atoms with E-state index in [0.29, 0.717) is 6.54 Å². The van der Waals surface area contributed by atoms with E-state index in [9.17, 15) is 4.79 Å². The summed E-state index contributed by atoms with van der Waals surface area (Å²) in [5.41, 5.74) is 3.57. The first kappa shape index (κ1) is 13.2.